The Labute approximate surface area is 211 Å². The smallest absolute Gasteiger partial charge is 0.358 e. The summed E-state index contributed by atoms with van der Waals surface area (Å²) in [5.74, 6) is -2.86. The molecule has 0 spiro atoms. The van der Waals surface area contributed by atoms with E-state index in [0.29, 0.717) is 44.1 Å². The molecular weight excluding hydrogens is 485 g/mol. The maximum Gasteiger partial charge on any atom is 0.358 e. The number of carbonyl (C=O) groups excluding carboxylic acids is 1. The molecule has 2 fully saturated rings. The summed E-state index contributed by atoms with van der Waals surface area (Å²) in [5, 5.41) is 25.5. The average molecular weight is 514 g/mol. The van der Waals surface area contributed by atoms with Crippen LogP contribution in [0.25, 0.3) is 5.65 Å². The lowest BCUT2D eigenvalue weighted by Crippen LogP contribution is -2.48. The molecule has 0 saturated carbocycles. The lowest BCUT2D eigenvalue weighted by Gasteiger charge is -2.32. The summed E-state index contributed by atoms with van der Waals surface area (Å²) in [6, 6.07) is 7.91. The van der Waals surface area contributed by atoms with Gasteiger partial charge in [-0.2, -0.15) is 0 Å². The number of carbonyl (C=O) groups is 2. The number of benzene rings is 1. The van der Waals surface area contributed by atoms with Crippen molar-refractivity contribution in [3.05, 3.63) is 64.0 Å². The minimum atomic E-state index is -1.51. The molecule has 0 radical (unpaired) electrons. The van der Waals surface area contributed by atoms with Crippen molar-refractivity contribution in [1.82, 2.24) is 20.0 Å². The van der Waals surface area contributed by atoms with E-state index in [1.807, 2.05) is 0 Å². The van der Waals surface area contributed by atoms with Crippen LogP contribution in [-0.4, -0.2) is 77.3 Å². The Kier molecular flexibility index (Phi) is 7.96. The number of amides is 1. The first-order chi connectivity index (χ1) is 17.8. The van der Waals surface area contributed by atoms with Crippen molar-refractivity contribution >= 4 is 28.9 Å². The van der Waals surface area contributed by atoms with Crippen LogP contribution < -0.4 is 31.7 Å². The molecule has 1 amide bonds. The number of nitrogens with two attached hydrogens (primary N) is 1. The molecule has 0 aliphatic carbocycles. The normalized spacial score (nSPS) is 15.9. The number of aromatic hydroxyl groups is 1. The van der Waals surface area contributed by atoms with Gasteiger partial charge >= 0.3 is 11.5 Å². The van der Waals surface area contributed by atoms with Gasteiger partial charge in [-0.05, 0) is 23.8 Å². The maximum atomic E-state index is 12.7. The average Bonchev–Trinajstić information content (AvgIpc) is 2.91. The molecule has 0 bridgehead atoms. The summed E-state index contributed by atoms with van der Waals surface area (Å²) in [7, 11) is 0. The summed E-state index contributed by atoms with van der Waals surface area (Å²) in [6.07, 6.45) is 1.53. The third-order valence-electron chi connectivity index (χ3n) is 6.08. The molecule has 6 N–H and O–H groups in total. The largest absolute Gasteiger partial charge is 0.501 e. The molecule has 0 unspecified atom stereocenters. The van der Waals surface area contributed by atoms with Crippen molar-refractivity contribution in [1.29, 1.82) is 0 Å². The highest BCUT2D eigenvalue weighted by Gasteiger charge is 2.27. The van der Waals surface area contributed by atoms with E-state index in [9.17, 15) is 29.0 Å². The van der Waals surface area contributed by atoms with Gasteiger partial charge in [-0.1, -0.05) is 12.1 Å². The lowest BCUT2D eigenvalue weighted by molar-refractivity contribution is -0.118. The van der Waals surface area contributed by atoms with Crippen LogP contribution in [0.4, 0.5) is 15.8 Å². The standard InChI is InChI=1S/C17H20N6O5.C7H8FN/c24-12-8-19-3-6-22(12)11-7-10(21-4-1-18-2-5-21)9-23-15(11)20-13(17(27)28)14(25)16(23)26;8-7-3-1-6(5-9)2-4-7/h7,9,18-19,25H,1-6,8H2,(H,27,28);1-4H,5,9H2. The van der Waals surface area contributed by atoms with Crippen LogP contribution in [0.15, 0.2) is 41.3 Å². The van der Waals surface area contributed by atoms with E-state index in [0.717, 1.165) is 23.1 Å². The van der Waals surface area contributed by atoms with E-state index in [1.165, 1.54) is 23.2 Å². The van der Waals surface area contributed by atoms with Crippen molar-refractivity contribution < 1.29 is 24.2 Å². The zero-order chi connectivity index (χ0) is 26.5. The minimum Gasteiger partial charge on any atom is -0.501 e. The predicted octanol–water partition coefficient (Wildman–Crippen LogP) is -0.271. The Morgan fingerprint density at radius 1 is 1.08 bits per heavy atom. The predicted molar refractivity (Wildman–Crippen MR) is 135 cm³/mol. The Morgan fingerprint density at radius 3 is 2.38 bits per heavy atom. The van der Waals surface area contributed by atoms with E-state index in [4.69, 9.17) is 5.73 Å². The van der Waals surface area contributed by atoms with Crippen LogP contribution in [0.5, 0.6) is 5.75 Å². The number of pyridine rings is 1. The number of piperazine rings is 2. The molecule has 2 aromatic heterocycles. The molecule has 5 rings (SSSR count). The van der Waals surface area contributed by atoms with Crippen molar-refractivity contribution in [2.75, 3.05) is 55.6 Å². The van der Waals surface area contributed by atoms with E-state index in [1.54, 1.807) is 18.2 Å². The first-order valence-corrected chi connectivity index (χ1v) is 11.7. The number of rotatable bonds is 4. The Morgan fingerprint density at radius 2 is 1.76 bits per heavy atom. The van der Waals surface area contributed by atoms with Crippen LogP contribution in [0.3, 0.4) is 0 Å². The number of carboxylic acid groups (broad SMARTS) is 1. The highest BCUT2D eigenvalue weighted by molar-refractivity contribution is 6.00. The van der Waals surface area contributed by atoms with Gasteiger partial charge in [0.15, 0.2) is 11.3 Å². The summed E-state index contributed by atoms with van der Waals surface area (Å²) in [5.41, 5.74) is 5.68. The fourth-order valence-electron chi connectivity index (χ4n) is 4.12. The molecular formula is C24H28FN7O5. The van der Waals surface area contributed by atoms with E-state index in [2.05, 4.69) is 20.5 Å². The van der Waals surface area contributed by atoms with Crippen LogP contribution in [0, 0.1) is 5.82 Å². The van der Waals surface area contributed by atoms with Gasteiger partial charge in [0.25, 0.3) is 0 Å². The summed E-state index contributed by atoms with van der Waals surface area (Å²) in [6.45, 7) is 4.50. The van der Waals surface area contributed by atoms with E-state index < -0.39 is 23.0 Å². The number of hydrogen-bond donors (Lipinski definition) is 5. The van der Waals surface area contributed by atoms with Crippen LogP contribution >= 0.6 is 0 Å². The molecule has 12 nitrogen and oxygen atoms in total. The highest BCUT2D eigenvalue weighted by atomic mass is 19.1. The molecule has 37 heavy (non-hydrogen) atoms. The van der Waals surface area contributed by atoms with Gasteiger partial charge in [-0.3, -0.25) is 14.0 Å². The molecule has 2 aliphatic rings. The Bertz CT molecular complexity index is 1360. The molecule has 4 heterocycles. The van der Waals surface area contributed by atoms with Gasteiger partial charge in [0.05, 0.1) is 17.9 Å². The zero-order valence-corrected chi connectivity index (χ0v) is 20.0. The maximum absolute atomic E-state index is 12.7. The highest BCUT2D eigenvalue weighted by Crippen LogP contribution is 2.28. The van der Waals surface area contributed by atoms with Crippen molar-refractivity contribution in [2.24, 2.45) is 5.73 Å². The second-order valence-corrected chi connectivity index (χ2v) is 8.49. The SMILES string of the molecule is NCc1ccc(F)cc1.O=C(O)c1nc2c(N3CCNCC3=O)cc(N3CCNCC3)cn2c(=O)c1O. The Balaban J connectivity index is 0.000000301. The second-order valence-electron chi connectivity index (χ2n) is 8.49. The van der Waals surface area contributed by atoms with Crippen LogP contribution in [-0.2, 0) is 11.3 Å². The number of nitrogens with one attached hydrogen (secondary N) is 2. The summed E-state index contributed by atoms with van der Waals surface area (Å²) >= 11 is 0. The van der Waals surface area contributed by atoms with Gasteiger partial charge < -0.3 is 36.4 Å². The number of aromatic nitrogens is 2. The number of nitrogens with zero attached hydrogens (tertiary/aromatic N) is 4. The summed E-state index contributed by atoms with van der Waals surface area (Å²) < 4.78 is 13.3. The first-order valence-electron chi connectivity index (χ1n) is 11.7. The molecule has 2 aliphatic heterocycles. The van der Waals surface area contributed by atoms with Crippen molar-refractivity contribution in [2.45, 2.75) is 6.54 Å². The van der Waals surface area contributed by atoms with Crippen LogP contribution in [0.2, 0.25) is 0 Å². The fraction of sp³-hybridized carbons (Fsp3) is 0.333. The van der Waals surface area contributed by atoms with Gasteiger partial charge in [-0.15, -0.1) is 0 Å². The summed E-state index contributed by atoms with van der Waals surface area (Å²) in [4.78, 5) is 44.1. The Hall–Kier alpha value is -4.07. The number of carboxylic acids is 1. The topological polar surface area (TPSA) is 166 Å². The molecule has 13 heteroatoms. The third kappa shape index (κ3) is 5.69. The zero-order valence-electron chi connectivity index (χ0n) is 20.0. The van der Waals surface area contributed by atoms with E-state index in [-0.39, 0.29) is 23.9 Å². The fourth-order valence-corrected chi connectivity index (χ4v) is 4.12. The van der Waals surface area contributed by atoms with Gasteiger partial charge in [0.2, 0.25) is 11.7 Å². The number of hydrogen-bond acceptors (Lipinski definition) is 9. The number of fused-ring (bicyclic) bond motifs is 1. The van der Waals surface area contributed by atoms with Gasteiger partial charge in [0, 0.05) is 52.0 Å². The minimum absolute atomic E-state index is 0.0225. The monoisotopic (exact) mass is 513 g/mol. The third-order valence-corrected chi connectivity index (χ3v) is 6.08. The molecule has 196 valence electrons. The van der Waals surface area contributed by atoms with Crippen molar-refractivity contribution in [3.8, 4) is 5.75 Å². The second kappa shape index (κ2) is 11.3. The molecule has 1 aromatic carbocycles. The number of halogens is 1. The quantitative estimate of drug-likeness (QED) is 0.313. The van der Waals surface area contributed by atoms with Crippen molar-refractivity contribution in [3.63, 3.8) is 0 Å². The number of anilines is 2. The molecule has 3 aromatic rings. The first kappa shape index (κ1) is 26.0. The van der Waals surface area contributed by atoms with Gasteiger partial charge in [0.1, 0.15) is 5.82 Å². The molecule has 0 atom stereocenters. The lowest BCUT2D eigenvalue weighted by atomic mass is 10.2. The molecule has 2 saturated heterocycles. The number of aromatic carboxylic acids is 1. The van der Waals surface area contributed by atoms with Crippen LogP contribution in [0.1, 0.15) is 16.1 Å². The van der Waals surface area contributed by atoms with Gasteiger partial charge in [-0.25, -0.2) is 14.2 Å². The van der Waals surface area contributed by atoms with E-state index >= 15 is 0 Å².